The fourth-order valence-corrected chi connectivity index (χ4v) is 2.18. The van der Waals surface area contributed by atoms with Crippen molar-refractivity contribution >= 4 is 23.2 Å². The van der Waals surface area contributed by atoms with E-state index in [2.05, 4.69) is 5.32 Å². The highest BCUT2D eigenvalue weighted by Gasteiger charge is 2.20. The lowest BCUT2D eigenvalue weighted by molar-refractivity contribution is -0.139. The van der Waals surface area contributed by atoms with Gasteiger partial charge < -0.3 is 15.2 Å². The molecule has 6 heteroatoms. The van der Waals surface area contributed by atoms with Crippen molar-refractivity contribution < 1.29 is 19.4 Å². The number of thiophene rings is 1. The van der Waals surface area contributed by atoms with Crippen LogP contribution in [0.1, 0.15) is 28.6 Å². The van der Waals surface area contributed by atoms with Crippen molar-refractivity contribution in [3.63, 3.8) is 0 Å². The largest absolute Gasteiger partial charge is 0.480 e. The summed E-state index contributed by atoms with van der Waals surface area (Å²) >= 11 is 1.28. The molecule has 0 saturated carbocycles. The summed E-state index contributed by atoms with van der Waals surface area (Å²) in [5.74, 6) is -1.38. The van der Waals surface area contributed by atoms with Crippen LogP contribution in [0, 0.1) is 0 Å². The van der Waals surface area contributed by atoms with Gasteiger partial charge in [0.15, 0.2) is 0 Å². The van der Waals surface area contributed by atoms with E-state index in [0.717, 1.165) is 5.56 Å². The zero-order valence-electron chi connectivity index (χ0n) is 9.73. The van der Waals surface area contributed by atoms with Crippen molar-refractivity contribution in [2.24, 2.45) is 0 Å². The van der Waals surface area contributed by atoms with E-state index in [1.54, 1.807) is 25.5 Å². The first-order valence-electron chi connectivity index (χ1n) is 5.19. The van der Waals surface area contributed by atoms with Gasteiger partial charge in [-0.15, -0.1) is 11.3 Å². The first-order chi connectivity index (χ1) is 8.10. The fourth-order valence-electron chi connectivity index (χ4n) is 1.37. The molecule has 0 radical (unpaired) electrons. The molecule has 0 aliphatic heterocycles. The second kappa shape index (κ2) is 6.36. The van der Waals surface area contributed by atoms with Gasteiger partial charge in [0.2, 0.25) is 0 Å². The normalized spacial score (nSPS) is 12.1. The maximum Gasteiger partial charge on any atom is 0.326 e. The van der Waals surface area contributed by atoms with Crippen molar-refractivity contribution in [3.05, 3.63) is 21.9 Å². The third-order valence-corrected chi connectivity index (χ3v) is 3.22. The molecule has 1 aromatic rings. The number of methoxy groups -OCH3 is 1. The van der Waals surface area contributed by atoms with E-state index in [1.165, 1.54) is 11.3 Å². The molecule has 17 heavy (non-hydrogen) atoms. The molecule has 0 bridgehead atoms. The summed E-state index contributed by atoms with van der Waals surface area (Å²) < 4.78 is 4.97. The van der Waals surface area contributed by atoms with E-state index in [0.29, 0.717) is 17.9 Å². The molecule has 0 spiro atoms. The van der Waals surface area contributed by atoms with Crippen LogP contribution in [0.5, 0.6) is 0 Å². The predicted octanol–water partition coefficient (Wildman–Crippen LogP) is 1.49. The highest BCUT2D eigenvalue weighted by molar-refractivity contribution is 7.12. The predicted molar refractivity (Wildman–Crippen MR) is 64.2 cm³/mol. The molecule has 0 fully saturated rings. The third-order valence-electron chi connectivity index (χ3n) is 2.26. The Bertz CT molecular complexity index is 402. The number of aliphatic carboxylic acids is 1. The lowest BCUT2D eigenvalue weighted by atomic mass is 10.2. The van der Waals surface area contributed by atoms with E-state index in [9.17, 15) is 9.59 Å². The van der Waals surface area contributed by atoms with Crippen molar-refractivity contribution in [1.29, 1.82) is 0 Å². The van der Waals surface area contributed by atoms with Crippen LogP contribution < -0.4 is 5.32 Å². The van der Waals surface area contributed by atoms with Gasteiger partial charge in [0.25, 0.3) is 5.91 Å². The molecule has 5 nitrogen and oxygen atoms in total. The molecule has 0 saturated heterocycles. The Morgan fingerprint density at radius 2 is 2.29 bits per heavy atom. The average molecular weight is 257 g/mol. The Kier molecular flexibility index (Phi) is 5.11. The second-order valence-corrected chi connectivity index (χ2v) is 4.40. The van der Waals surface area contributed by atoms with Crippen molar-refractivity contribution in [2.75, 3.05) is 7.11 Å². The van der Waals surface area contributed by atoms with Gasteiger partial charge in [0.05, 0.1) is 11.5 Å². The summed E-state index contributed by atoms with van der Waals surface area (Å²) in [6.07, 6.45) is 0.353. The summed E-state index contributed by atoms with van der Waals surface area (Å²) in [6, 6.07) is 0.949. The van der Waals surface area contributed by atoms with Crippen LogP contribution in [0.25, 0.3) is 0 Å². The molecule has 0 aliphatic carbocycles. The summed E-state index contributed by atoms with van der Waals surface area (Å²) in [6.45, 7) is 2.06. The van der Waals surface area contributed by atoms with Crippen LogP contribution in [0.3, 0.4) is 0 Å². The molecule has 1 heterocycles. The number of hydrogen-bond acceptors (Lipinski definition) is 4. The molecule has 2 N–H and O–H groups in total. The minimum Gasteiger partial charge on any atom is -0.480 e. The van der Waals surface area contributed by atoms with E-state index < -0.39 is 12.0 Å². The zero-order chi connectivity index (χ0) is 12.8. The maximum atomic E-state index is 11.9. The zero-order valence-corrected chi connectivity index (χ0v) is 10.5. The number of nitrogens with one attached hydrogen (secondary N) is 1. The first-order valence-corrected chi connectivity index (χ1v) is 6.07. The number of hydrogen-bond donors (Lipinski definition) is 2. The second-order valence-electron chi connectivity index (χ2n) is 3.48. The van der Waals surface area contributed by atoms with Crippen LogP contribution in [0.15, 0.2) is 11.4 Å². The monoisotopic (exact) mass is 257 g/mol. The molecule has 1 atom stereocenters. The highest BCUT2D eigenvalue weighted by atomic mass is 32.1. The lowest BCUT2D eigenvalue weighted by Gasteiger charge is -2.12. The van der Waals surface area contributed by atoms with Gasteiger partial charge in [-0.3, -0.25) is 4.79 Å². The van der Waals surface area contributed by atoms with E-state index in [1.807, 2.05) is 0 Å². The van der Waals surface area contributed by atoms with Crippen LogP contribution >= 0.6 is 11.3 Å². The molecule has 0 aliphatic rings. The molecular weight excluding hydrogens is 242 g/mol. The Morgan fingerprint density at radius 1 is 1.59 bits per heavy atom. The standard InChI is InChI=1S/C11H15NO4S/c1-3-8(11(14)15)12-10(13)9-7(6-16-2)4-5-17-9/h4-5,8H,3,6H2,1-2H3,(H,12,13)(H,14,15). The molecule has 1 rings (SSSR count). The Balaban J connectivity index is 2.75. The molecular formula is C11H15NO4S. The Morgan fingerprint density at radius 3 is 2.82 bits per heavy atom. The summed E-state index contributed by atoms with van der Waals surface area (Å²) in [5, 5.41) is 13.1. The lowest BCUT2D eigenvalue weighted by Crippen LogP contribution is -2.40. The van der Waals surface area contributed by atoms with Gasteiger partial charge in [-0.25, -0.2) is 4.79 Å². The number of carbonyl (C=O) groups excluding carboxylic acids is 1. The number of carboxylic acids is 1. The van der Waals surface area contributed by atoms with Gasteiger partial charge in [-0.2, -0.15) is 0 Å². The van der Waals surface area contributed by atoms with Gasteiger partial charge in [0.1, 0.15) is 6.04 Å². The van der Waals surface area contributed by atoms with E-state index >= 15 is 0 Å². The van der Waals surface area contributed by atoms with E-state index in [-0.39, 0.29) is 5.91 Å². The molecule has 0 aromatic carbocycles. The summed E-state index contributed by atoms with van der Waals surface area (Å²) in [5.41, 5.74) is 0.773. The van der Waals surface area contributed by atoms with Crippen LogP contribution in [0.2, 0.25) is 0 Å². The number of carboxylic acid groups (broad SMARTS) is 1. The minimum atomic E-state index is -1.02. The smallest absolute Gasteiger partial charge is 0.326 e. The summed E-state index contributed by atoms with van der Waals surface area (Å²) in [7, 11) is 1.55. The van der Waals surface area contributed by atoms with Crippen LogP contribution in [-0.2, 0) is 16.1 Å². The molecule has 1 aromatic heterocycles. The number of ether oxygens (including phenoxy) is 1. The first kappa shape index (κ1) is 13.7. The quantitative estimate of drug-likeness (QED) is 0.809. The fraction of sp³-hybridized carbons (Fsp3) is 0.455. The number of rotatable bonds is 6. The molecule has 1 unspecified atom stereocenters. The van der Waals surface area contributed by atoms with Gasteiger partial charge >= 0.3 is 5.97 Å². The average Bonchev–Trinajstić information content (AvgIpc) is 2.74. The van der Waals surface area contributed by atoms with Gasteiger partial charge in [-0.05, 0) is 17.9 Å². The van der Waals surface area contributed by atoms with E-state index in [4.69, 9.17) is 9.84 Å². The van der Waals surface area contributed by atoms with Crippen molar-refractivity contribution in [1.82, 2.24) is 5.32 Å². The molecule has 1 amide bonds. The van der Waals surface area contributed by atoms with Crippen molar-refractivity contribution in [3.8, 4) is 0 Å². The van der Waals surface area contributed by atoms with Gasteiger partial charge in [-0.1, -0.05) is 6.92 Å². The topological polar surface area (TPSA) is 75.6 Å². The van der Waals surface area contributed by atoms with Crippen LogP contribution in [-0.4, -0.2) is 30.1 Å². The Labute approximate surface area is 103 Å². The highest BCUT2D eigenvalue weighted by Crippen LogP contribution is 2.17. The number of carbonyl (C=O) groups is 2. The maximum absolute atomic E-state index is 11.9. The van der Waals surface area contributed by atoms with Gasteiger partial charge in [0, 0.05) is 12.7 Å². The summed E-state index contributed by atoms with van der Waals surface area (Å²) in [4.78, 5) is 23.2. The van der Waals surface area contributed by atoms with Crippen molar-refractivity contribution in [2.45, 2.75) is 26.0 Å². The third kappa shape index (κ3) is 3.54. The van der Waals surface area contributed by atoms with Crippen LogP contribution in [0.4, 0.5) is 0 Å². The Hall–Kier alpha value is -1.40. The minimum absolute atomic E-state index is 0.343. The number of amides is 1. The molecule has 94 valence electrons. The SMILES string of the molecule is CCC(NC(=O)c1sccc1COC)C(=O)O.